The topological polar surface area (TPSA) is 60.9 Å². The van der Waals surface area contributed by atoms with Crippen LogP contribution in [0.25, 0.3) is 0 Å². The summed E-state index contributed by atoms with van der Waals surface area (Å²) in [6.45, 7) is 3.04. The summed E-state index contributed by atoms with van der Waals surface area (Å²) in [6, 6.07) is 2.18. The van der Waals surface area contributed by atoms with Crippen LogP contribution in [0.4, 0.5) is 0 Å². The van der Waals surface area contributed by atoms with E-state index in [1.54, 1.807) is 26.5 Å². The van der Waals surface area contributed by atoms with Crippen LogP contribution in [0.15, 0.2) is 12.3 Å². The zero-order valence-corrected chi connectivity index (χ0v) is 12.8. The molecule has 1 aliphatic carbocycles. The van der Waals surface area contributed by atoms with Gasteiger partial charge in [0.25, 0.3) is 0 Å². The fraction of sp³-hybridized carbons (Fsp3) is 0.600. The molecule has 1 saturated carbocycles. The minimum Gasteiger partial charge on any atom is -0.493 e. The van der Waals surface area contributed by atoms with Crippen LogP contribution < -0.4 is 9.47 Å². The van der Waals surface area contributed by atoms with Crippen molar-refractivity contribution in [3.63, 3.8) is 0 Å². The van der Waals surface area contributed by atoms with Crippen molar-refractivity contribution in [3.8, 4) is 11.5 Å². The Morgan fingerprint density at radius 1 is 1.38 bits per heavy atom. The maximum Gasteiger partial charge on any atom is 0.320 e. The van der Waals surface area contributed by atoms with Gasteiger partial charge in [-0.05, 0) is 19.8 Å². The smallest absolute Gasteiger partial charge is 0.320 e. The predicted octanol–water partition coefficient (Wildman–Crippen LogP) is 1.63. The second-order valence-electron chi connectivity index (χ2n) is 4.93. The summed E-state index contributed by atoms with van der Waals surface area (Å²) >= 11 is 0. The maximum absolute atomic E-state index is 11.7. The third-order valence-corrected chi connectivity index (χ3v) is 3.42. The quantitative estimate of drug-likeness (QED) is 0.679. The van der Waals surface area contributed by atoms with Gasteiger partial charge in [0, 0.05) is 24.8 Å². The molecule has 1 aliphatic rings. The number of ether oxygens (including phenoxy) is 3. The number of nitrogens with zero attached hydrogens (tertiary/aromatic N) is 2. The Morgan fingerprint density at radius 2 is 2.14 bits per heavy atom. The molecular formula is C15H22N2O4. The molecule has 0 radical (unpaired) electrons. The first kappa shape index (κ1) is 15.6. The summed E-state index contributed by atoms with van der Waals surface area (Å²) in [7, 11) is 3.19. The zero-order chi connectivity index (χ0) is 15.2. The molecule has 6 heteroatoms. The van der Waals surface area contributed by atoms with E-state index in [4.69, 9.17) is 14.2 Å². The van der Waals surface area contributed by atoms with Crippen molar-refractivity contribution < 1.29 is 19.0 Å². The molecule has 0 N–H and O–H groups in total. The number of esters is 1. The lowest BCUT2D eigenvalue weighted by molar-refractivity contribution is -0.144. The highest BCUT2D eigenvalue weighted by Crippen LogP contribution is 2.33. The molecule has 2 rings (SSSR count). The molecule has 0 bridgehead atoms. The Hall–Kier alpha value is -1.82. The van der Waals surface area contributed by atoms with Gasteiger partial charge in [-0.3, -0.25) is 14.7 Å². The van der Waals surface area contributed by atoms with Gasteiger partial charge in [-0.25, -0.2) is 0 Å². The first-order valence-electron chi connectivity index (χ1n) is 7.15. The number of aromatic nitrogens is 1. The van der Waals surface area contributed by atoms with Crippen LogP contribution in [0.1, 0.15) is 25.5 Å². The molecule has 0 spiro atoms. The molecule has 116 valence electrons. The van der Waals surface area contributed by atoms with Crippen molar-refractivity contribution >= 4 is 5.97 Å². The van der Waals surface area contributed by atoms with Crippen LogP contribution in [0.3, 0.4) is 0 Å². The van der Waals surface area contributed by atoms with Gasteiger partial charge in [-0.1, -0.05) is 0 Å². The van der Waals surface area contributed by atoms with Crippen molar-refractivity contribution in [3.05, 3.63) is 18.0 Å². The van der Waals surface area contributed by atoms with Crippen molar-refractivity contribution in [2.75, 3.05) is 27.4 Å². The van der Waals surface area contributed by atoms with Crippen LogP contribution in [0.2, 0.25) is 0 Å². The highest BCUT2D eigenvalue weighted by molar-refractivity contribution is 5.71. The Labute approximate surface area is 125 Å². The standard InChI is InChI=1S/C15H22N2O4/c1-4-21-14(18)10-17(11-5-6-11)9-12-15(20-3)13(19-2)7-8-16-12/h7-8,11H,4-6,9-10H2,1-3H3. The normalized spacial score (nSPS) is 14.1. The van der Waals surface area contributed by atoms with Gasteiger partial charge in [0.05, 0.1) is 27.4 Å². The molecule has 1 heterocycles. The Balaban J connectivity index is 2.11. The monoisotopic (exact) mass is 294 g/mol. The molecule has 6 nitrogen and oxygen atoms in total. The van der Waals surface area contributed by atoms with E-state index in [0.29, 0.717) is 30.7 Å². The first-order chi connectivity index (χ1) is 10.2. The van der Waals surface area contributed by atoms with E-state index in [2.05, 4.69) is 9.88 Å². The summed E-state index contributed by atoms with van der Waals surface area (Å²) < 4.78 is 15.7. The fourth-order valence-corrected chi connectivity index (χ4v) is 2.28. The molecule has 0 unspecified atom stereocenters. The second-order valence-corrected chi connectivity index (χ2v) is 4.93. The molecule has 21 heavy (non-hydrogen) atoms. The number of hydrogen-bond acceptors (Lipinski definition) is 6. The molecule has 0 aliphatic heterocycles. The predicted molar refractivity (Wildman–Crippen MR) is 77.4 cm³/mol. The van der Waals surface area contributed by atoms with Crippen molar-refractivity contribution in [1.82, 2.24) is 9.88 Å². The molecule has 0 aromatic carbocycles. The average molecular weight is 294 g/mol. The van der Waals surface area contributed by atoms with Crippen molar-refractivity contribution in [1.29, 1.82) is 0 Å². The molecule has 0 atom stereocenters. The Morgan fingerprint density at radius 3 is 2.71 bits per heavy atom. The highest BCUT2D eigenvalue weighted by Gasteiger charge is 2.31. The number of pyridine rings is 1. The number of hydrogen-bond donors (Lipinski definition) is 0. The zero-order valence-electron chi connectivity index (χ0n) is 12.8. The van der Waals surface area contributed by atoms with E-state index in [-0.39, 0.29) is 12.5 Å². The van der Waals surface area contributed by atoms with E-state index in [0.717, 1.165) is 18.5 Å². The summed E-state index contributed by atoms with van der Waals surface area (Å²) in [5.41, 5.74) is 0.771. The molecule has 0 saturated heterocycles. The van der Waals surface area contributed by atoms with Crippen molar-refractivity contribution in [2.45, 2.75) is 32.4 Å². The third-order valence-electron chi connectivity index (χ3n) is 3.42. The molecule has 1 aromatic heterocycles. The van der Waals surface area contributed by atoms with Gasteiger partial charge in [0.15, 0.2) is 11.5 Å². The SMILES string of the molecule is CCOC(=O)CN(Cc1nccc(OC)c1OC)C1CC1. The fourth-order valence-electron chi connectivity index (χ4n) is 2.28. The number of methoxy groups -OCH3 is 2. The van der Waals surface area contributed by atoms with Gasteiger partial charge in [0.2, 0.25) is 0 Å². The van der Waals surface area contributed by atoms with Gasteiger partial charge in [-0.2, -0.15) is 0 Å². The lowest BCUT2D eigenvalue weighted by atomic mass is 10.2. The van der Waals surface area contributed by atoms with Crippen LogP contribution in [-0.4, -0.2) is 49.3 Å². The Kier molecular flexibility index (Phi) is 5.38. The van der Waals surface area contributed by atoms with Crippen LogP contribution in [-0.2, 0) is 16.1 Å². The lowest BCUT2D eigenvalue weighted by Crippen LogP contribution is -2.33. The van der Waals surface area contributed by atoms with Crippen LogP contribution >= 0.6 is 0 Å². The van der Waals surface area contributed by atoms with Gasteiger partial charge in [0.1, 0.15) is 5.69 Å². The minimum absolute atomic E-state index is 0.203. The Bertz CT molecular complexity index is 489. The van der Waals surface area contributed by atoms with E-state index in [9.17, 15) is 4.79 Å². The molecular weight excluding hydrogens is 272 g/mol. The third kappa shape index (κ3) is 4.07. The number of carbonyl (C=O) groups is 1. The van der Waals surface area contributed by atoms with Crippen LogP contribution in [0.5, 0.6) is 11.5 Å². The molecule has 1 fully saturated rings. The number of rotatable bonds is 8. The van der Waals surface area contributed by atoms with E-state index in [1.807, 2.05) is 6.92 Å². The van der Waals surface area contributed by atoms with Gasteiger partial charge >= 0.3 is 5.97 Å². The molecule has 0 amide bonds. The summed E-state index contributed by atoms with van der Waals surface area (Å²) in [5, 5.41) is 0. The minimum atomic E-state index is -0.203. The summed E-state index contributed by atoms with van der Waals surface area (Å²) in [5.74, 6) is 1.06. The average Bonchev–Trinajstić information content (AvgIpc) is 3.31. The lowest BCUT2D eigenvalue weighted by Gasteiger charge is -2.22. The van der Waals surface area contributed by atoms with Crippen molar-refractivity contribution in [2.24, 2.45) is 0 Å². The highest BCUT2D eigenvalue weighted by atomic mass is 16.5. The summed E-state index contributed by atoms with van der Waals surface area (Å²) in [4.78, 5) is 18.2. The molecule has 1 aromatic rings. The van der Waals surface area contributed by atoms with Crippen LogP contribution in [0, 0.1) is 0 Å². The maximum atomic E-state index is 11.7. The van der Waals surface area contributed by atoms with Gasteiger partial charge in [-0.15, -0.1) is 0 Å². The first-order valence-corrected chi connectivity index (χ1v) is 7.15. The number of carbonyl (C=O) groups excluding carboxylic acids is 1. The van der Waals surface area contributed by atoms with E-state index < -0.39 is 0 Å². The van der Waals surface area contributed by atoms with E-state index >= 15 is 0 Å². The summed E-state index contributed by atoms with van der Waals surface area (Å²) in [6.07, 6.45) is 3.89. The largest absolute Gasteiger partial charge is 0.493 e. The second kappa shape index (κ2) is 7.26. The van der Waals surface area contributed by atoms with Gasteiger partial charge < -0.3 is 14.2 Å². The van der Waals surface area contributed by atoms with E-state index in [1.165, 1.54) is 0 Å².